The van der Waals surface area contributed by atoms with E-state index in [1.165, 1.54) is 0 Å². The quantitative estimate of drug-likeness (QED) is 0.595. The van der Waals surface area contributed by atoms with Crippen molar-refractivity contribution in [3.8, 4) is 0 Å². The van der Waals surface area contributed by atoms with Crippen molar-refractivity contribution in [2.24, 2.45) is 0 Å². The van der Waals surface area contributed by atoms with Gasteiger partial charge in [0.05, 0.1) is 0 Å². The molecule has 4 heteroatoms. The molecule has 2 heterocycles. The van der Waals surface area contributed by atoms with E-state index in [0.29, 0.717) is 0 Å². The third kappa shape index (κ3) is 1.70. The van der Waals surface area contributed by atoms with E-state index < -0.39 is 0 Å². The average molecular weight is 196 g/mol. The van der Waals surface area contributed by atoms with Crippen molar-refractivity contribution in [2.75, 3.05) is 0 Å². The Morgan fingerprint density at radius 2 is 1.17 bits per heavy atom. The molecule has 0 aromatic carbocycles. The van der Waals surface area contributed by atoms with E-state index in [0.717, 1.165) is 0 Å². The van der Waals surface area contributed by atoms with E-state index in [4.69, 9.17) is 0 Å². The summed E-state index contributed by atoms with van der Waals surface area (Å²) in [5, 5.41) is 4.10. The van der Waals surface area contributed by atoms with Crippen molar-refractivity contribution in [1.29, 1.82) is 0 Å². The molecule has 0 radical (unpaired) electrons. The highest BCUT2D eigenvalue weighted by molar-refractivity contribution is 8.02. The lowest BCUT2D eigenvalue weighted by Gasteiger charge is -2.30. The number of nitrogens with zero attached hydrogens (tertiary/aromatic N) is 2. The monoisotopic (exact) mass is 196 g/mol. The molecule has 2 rings (SSSR count). The van der Waals surface area contributed by atoms with Crippen LogP contribution in [0.1, 0.15) is 0 Å². The zero-order chi connectivity index (χ0) is 8.23. The van der Waals surface area contributed by atoms with Gasteiger partial charge < -0.3 is 0 Å². The fraction of sp³-hybridized carbons (Fsp3) is 0. The van der Waals surface area contributed by atoms with Gasteiger partial charge in [-0.2, -0.15) is 0 Å². The molecule has 0 spiro atoms. The Kier molecular flexibility index (Phi) is 2.48. The number of allylic oxidation sites excluding steroid dienone is 4. The van der Waals surface area contributed by atoms with Gasteiger partial charge in [0.15, 0.2) is 0 Å². The fourth-order valence-electron chi connectivity index (χ4n) is 0.827. The van der Waals surface area contributed by atoms with Crippen molar-refractivity contribution in [2.45, 2.75) is 0 Å². The molecule has 0 bridgehead atoms. The zero-order valence-electron chi connectivity index (χ0n) is 6.33. The summed E-state index contributed by atoms with van der Waals surface area (Å²) in [4.78, 5) is 0. The van der Waals surface area contributed by atoms with Gasteiger partial charge in [0.1, 0.15) is 0 Å². The highest BCUT2D eigenvalue weighted by Gasteiger charge is 2.09. The van der Waals surface area contributed by atoms with Crippen LogP contribution in [0.25, 0.3) is 0 Å². The molecule has 0 saturated carbocycles. The second kappa shape index (κ2) is 3.78. The molecule has 0 saturated heterocycles. The van der Waals surface area contributed by atoms with Gasteiger partial charge in [-0.05, 0) is 23.0 Å². The maximum absolute atomic E-state index is 2.06. The molecule has 0 atom stereocenters. The van der Waals surface area contributed by atoms with Gasteiger partial charge in [0.25, 0.3) is 0 Å². The van der Waals surface area contributed by atoms with Crippen LogP contribution in [0.3, 0.4) is 0 Å². The molecular weight excluding hydrogens is 188 g/mol. The van der Waals surface area contributed by atoms with Gasteiger partial charge in [-0.3, -0.25) is 0 Å². The Morgan fingerprint density at radius 3 is 1.50 bits per heavy atom. The molecule has 0 aromatic heterocycles. The van der Waals surface area contributed by atoms with Crippen LogP contribution in [0.4, 0.5) is 0 Å². The van der Waals surface area contributed by atoms with Crippen LogP contribution in [0, 0.1) is 0 Å². The van der Waals surface area contributed by atoms with E-state index in [-0.39, 0.29) is 0 Å². The zero-order valence-corrected chi connectivity index (χ0v) is 7.96. The summed E-state index contributed by atoms with van der Waals surface area (Å²) in [6.45, 7) is 0. The standard InChI is InChI=1S/C8H8N2S2/c1-3-7-11-9(5-1)10-6-2-4-8-12-10/h1-8H. The van der Waals surface area contributed by atoms with Gasteiger partial charge in [-0.15, -0.1) is 0 Å². The average Bonchev–Trinajstić information content (AvgIpc) is 2.21. The van der Waals surface area contributed by atoms with Crippen LogP contribution in [0.5, 0.6) is 0 Å². The summed E-state index contributed by atoms with van der Waals surface area (Å²) in [6, 6.07) is 0. The minimum absolute atomic E-state index is 1.66. The normalized spacial score (nSPS) is 20.7. The Morgan fingerprint density at radius 1 is 0.667 bits per heavy atom. The van der Waals surface area contributed by atoms with E-state index in [1.54, 1.807) is 23.9 Å². The third-order valence-electron chi connectivity index (χ3n) is 1.34. The molecule has 62 valence electrons. The number of hydrogen-bond donors (Lipinski definition) is 0. The molecule has 12 heavy (non-hydrogen) atoms. The van der Waals surface area contributed by atoms with E-state index in [9.17, 15) is 0 Å². The minimum Gasteiger partial charge on any atom is -0.220 e. The lowest BCUT2D eigenvalue weighted by molar-refractivity contribution is 0.357. The van der Waals surface area contributed by atoms with Crippen molar-refractivity contribution in [3.05, 3.63) is 47.5 Å². The lowest BCUT2D eigenvalue weighted by atomic mass is 10.6. The second-order valence-corrected chi connectivity index (χ2v) is 3.87. The first-order valence-electron chi connectivity index (χ1n) is 3.55. The van der Waals surface area contributed by atoms with Crippen molar-refractivity contribution < 1.29 is 0 Å². The molecule has 0 amide bonds. The first-order chi connectivity index (χ1) is 5.97. The first kappa shape index (κ1) is 7.89. The fourth-order valence-corrected chi connectivity index (χ4v) is 2.21. The second-order valence-electron chi connectivity index (χ2n) is 2.16. The summed E-state index contributed by atoms with van der Waals surface area (Å²) in [6.07, 6.45) is 12.1. The Balaban J connectivity index is 2.01. The molecule has 0 fully saturated rings. The first-order valence-corrected chi connectivity index (χ1v) is 5.23. The Labute approximate surface area is 80.5 Å². The summed E-state index contributed by atoms with van der Waals surface area (Å²) in [5.74, 6) is 0. The maximum atomic E-state index is 2.06. The van der Waals surface area contributed by atoms with Gasteiger partial charge in [0.2, 0.25) is 0 Å². The summed E-state index contributed by atoms with van der Waals surface area (Å²) in [5.41, 5.74) is 0. The van der Waals surface area contributed by atoms with E-state index in [1.807, 2.05) is 47.5 Å². The largest absolute Gasteiger partial charge is 0.220 e. The number of hydrogen-bond acceptors (Lipinski definition) is 4. The number of rotatable bonds is 1. The van der Waals surface area contributed by atoms with Crippen molar-refractivity contribution >= 4 is 23.9 Å². The Hall–Kier alpha value is -0.740. The van der Waals surface area contributed by atoms with E-state index in [2.05, 4.69) is 8.83 Å². The summed E-state index contributed by atoms with van der Waals surface area (Å²) in [7, 11) is 0. The maximum Gasteiger partial charge on any atom is 0.0355 e. The summed E-state index contributed by atoms with van der Waals surface area (Å²) >= 11 is 3.31. The van der Waals surface area contributed by atoms with Gasteiger partial charge in [-0.1, -0.05) is 12.2 Å². The molecule has 2 aliphatic rings. The lowest BCUT2D eigenvalue weighted by Crippen LogP contribution is -2.23. The molecule has 0 aliphatic carbocycles. The van der Waals surface area contributed by atoms with Crippen LogP contribution >= 0.6 is 23.9 Å². The molecule has 0 unspecified atom stereocenters. The molecular formula is C8H8N2S2. The molecule has 0 aromatic rings. The van der Waals surface area contributed by atoms with Crippen LogP contribution < -0.4 is 0 Å². The smallest absolute Gasteiger partial charge is 0.0355 e. The highest BCUT2D eigenvalue weighted by Crippen LogP contribution is 2.27. The molecule has 2 aliphatic heterocycles. The van der Waals surface area contributed by atoms with Gasteiger partial charge in [-0.25, -0.2) is 8.83 Å². The predicted octanol–water partition coefficient (Wildman–Crippen LogP) is 2.88. The Bertz CT molecular complexity index is 240. The van der Waals surface area contributed by atoms with Gasteiger partial charge >= 0.3 is 0 Å². The third-order valence-corrected chi connectivity index (χ3v) is 3.03. The van der Waals surface area contributed by atoms with Crippen LogP contribution in [-0.2, 0) is 0 Å². The van der Waals surface area contributed by atoms with Crippen molar-refractivity contribution in [1.82, 2.24) is 8.83 Å². The molecule has 0 N–H and O–H groups in total. The number of hydrazine groups is 1. The van der Waals surface area contributed by atoms with Crippen molar-refractivity contribution in [3.63, 3.8) is 0 Å². The van der Waals surface area contributed by atoms with Crippen LogP contribution in [0.2, 0.25) is 0 Å². The SMILES string of the molecule is C1=CSN(N2C=CC=CS2)C=C1. The van der Waals surface area contributed by atoms with E-state index >= 15 is 0 Å². The summed E-state index contributed by atoms with van der Waals surface area (Å²) < 4.78 is 4.12. The van der Waals surface area contributed by atoms with Crippen LogP contribution in [0.15, 0.2) is 47.5 Å². The minimum atomic E-state index is 1.66. The van der Waals surface area contributed by atoms with Gasteiger partial charge in [0, 0.05) is 36.3 Å². The highest BCUT2D eigenvalue weighted by atomic mass is 32.2. The molecule has 2 nitrogen and oxygen atoms in total. The topological polar surface area (TPSA) is 6.48 Å². The van der Waals surface area contributed by atoms with Crippen LogP contribution in [-0.4, -0.2) is 8.83 Å². The predicted molar refractivity (Wildman–Crippen MR) is 55.4 cm³/mol.